The number of hydrogen-bond acceptors (Lipinski definition) is 3. The molecule has 6 heteroatoms. The zero-order chi connectivity index (χ0) is 17.6. The number of amides is 1. The second kappa shape index (κ2) is 5.88. The molecular weight excluding hydrogens is 323 g/mol. The quantitative estimate of drug-likeness (QED) is 0.720. The molecule has 5 nitrogen and oxygen atoms in total. The van der Waals surface area contributed by atoms with E-state index in [4.69, 9.17) is 4.42 Å². The van der Waals surface area contributed by atoms with Crippen LogP contribution in [0.3, 0.4) is 0 Å². The summed E-state index contributed by atoms with van der Waals surface area (Å²) in [4.78, 5) is 26.7. The van der Waals surface area contributed by atoms with Crippen LogP contribution in [-0.4, -0.2) is 16.5 Å². The van der Waals surface area contributed by atoms with Gasteiger partial charge in [-0.25, -0.2) is 9.18 Å². The summed E-state index contributed by atoms with van der Waals surface area (Å²) >= 11 is 0. The predicted molar refractivity (Wildman–Crippen MR) is 92.1 cm³/mol. The summed E-state index contributed by atoms with van der Waals surface area (Å²) in [5, 5.41) is 0. The van der Waals surface area contributed by atoms with Crippen molar-refractivity contribution in [3.8, 4) is 0 Å². The first-order valence-corrected chi connectivity index (χ1v) is 8.23. The summed E-state index contributed by atoms with van der Waals surface area (Å²) in [6.07, 6.45) is 1.48. The van der Waals surface area contributed by atoms with Gasteiger partial charge >= 0.3 is 5.76 Å². The van der Waals surface area contributed by atoms with Crippen molar-refractivity contribution in [2.45, 2.75) is 32.4 Å². The van der Waals surface area contributed by atoms with Gasteiger partial charge in [-0.3, -0.25) is 9.36 Å². The molecule has 1 amide bonds. The number of carbonyl (C=O) groups is 1. The summed E-state index contributed by atoms with van der Waals surface area (Å²) in [6.45, 7) is 1.84. The van der Waals surface area contributed by atoms with Gasteiger partial charge in [0.05, 0.1) is 5.52 Å². The predicted octanol–water partition coefficient (Wildman–Crippen LogP) is 3.10. The van der Waals surface area contributed by atoms with Crippen molar-refractivity contribution in [2.24, 2.45) is 0 Å². The van der Waals surface area contributed by atoms with Crippen molar-refractivity contribution in [2.75, 3.05) is 4.90 Å². The number of aromatic nitrogens is 1. The number of oxazole rings is 1. The maximum atomic E-state index is 13.5. The van der Waals surface area contributed by atoms with Crippen LogP contribution < -0.4 is 10.7 Å². The van der Waals surface area contributed by atoms with Gasteiger partial charge in [-0.1, -0.05) is 12.1 Å². The van der Waals surface area contributed by atoms with Crippen molar-refractivity contribution in [3.05, 3.63) is 64.4 Å². The third-order valence-corrected chi connectivity index (χ3v) is 4.71. The van der Waals surface area contributed by atoms with Gasteiger partial charge in [-0.15, -0.1) is 0 Å². The molecule has 128 valence electrons. The molecule has 0 saturated carbocycles. The van der Waals surface area contributed by atoms with Gasteiger partial charge in [0.15, 0.2) is 5.58 Å². The van der Waals surface area contributed by atoms with E-state index in [0.717, 1.165) is 18.4 Å². The van der Waals surface area contributed by atoms with Crippen molar-refractivity contribution in [1.29, 1.82) is 0 Å². The number of para-hydroxylation sites is 2. The fraction of sp³-hybridized carbons (Fsp3) is 0.263. The Morgan fingerprint density at radius 2 is 2.08 bits per heavy atom. The van der Waals surface area contributed by atoms with Crippen LogP contribution in [0.15, 0.2) is 51.7 Å². The monoisotopic (exact) mass is 340 g/mol. The third-order valence-electron chi connectivity index (χ3n) is 4.71. The third kappa shape index (κ3) is 2.63. The van der Waals surface area contributed by atoms with Crippen LogP contribution in [0.1, 0.15) is 18.9 Å². The van der Waals surface area contributed by atoms with Crippen molar-refractivity contribution in [3.63, 3.8) is 0 Å². The van der Waals surface area contributed by atoms with Crippen molar-refractivity contribution < 1.29 is 13.6 Å². The molecule has 2 aromatic carbocycles. The lowest BCUT2D eigenvalue weighted by molar-refractivity contribution is -0.119. The minimum atomic E-state index is -0.557. The lowest BCUT2D eigenvalue weighted by atomic mass is 9.96. The Bertz CT molecular complexity index is 1020. The summed E-state index contributed by atoms with van der Waals surface area (Å²) in [6, 6.07) is 11.5. The average Bonchev–Trinajstić information content (AvgIpc) is 2.90. The van der Waals surface area contributed by atoms with Gasteiger partial charge < -0.3 is 9.32 Å². The first kappa shape index (κ1) is 15.6. The largest absolute Gasteiger partial charge is 0.420 e. The number of benzene rings is 2. The maximum absolute atomic E-state index is 13.5. The number of anilines is 1. The normalized spacial score (nSPS) is 16.9. The number of halogens is 1. The van der Waals surface area contributed by atoms with Gasteiger partial charge in [0.2, 0.25) is 5.91 Å². The van der Waals surface area contributed by atoms with Crippen LogP contribution in [-0.2, 0) is 17.8 Å². The van der Waals surface area contributed by atoms with E-state index in [1.807, 2.05) is 6.92 Å². The summed E-state index contributed by atoms with van der Waals surface area (Å²) in [5.74, 6) is -1.08. The molecule has 1 aromatic heterocycles. The molecule has 3 aromatic rings. The summed E-state index contributed by atoms with van der Waals surface area (Å²) in [7, 11) is 0. The molecule has 1 aliphatic rings. The molecule has 25 heavy (non-hydrogen) atoms. The first-order valence-electron chi connectivity index (χ1n) is 8.23. The molecular formula is C19H17FN2O3. The highest BCUT2D eigenvalue weighted by Crippen LogP contribution is 2.31. The van der Waals surface area contributed by atoms with Crippen LogP contribution in [0.2, 0.25) is 0 Å². The van der Waals surface area contributed by atoms with Crippen molar-refractivity contribution in [1.82, 2.24) is 4.57 Å². The number of rotatable bonds is 2. The number of aryl methyl sites for hydroxylation is 1. The number of fused-ring (bicyclic) bond motifs is 2. The Morgan fingerprint density at radius 1 is 1.28 bits per heavy atom. The van der Waals surface area contributed by atoms with E-state index in [0.29, 0.717) is 16.8 Å². The van der Waals surface area contributed by atoms with Crippen LogP contribution in [0.5, 0.6) is 0 Å². The van der Waals surface area contributed by atoms with Gasteiger partial charge in [0, 0.05) is 11.7 Å². The lowest BCUT2D eigenvalue weighted by Crippen LogP contribution is -2.44. The number of hydrogen-bond donors (Lipinski definition) is 0. The van der Waals surface area contributed by atoms with Gasteiger partial charge in [0.1, 0.15) is 12.4 Å². The van der Waals surface area contributed by atoms with E-state index >= 15 is 0 Å². The zero-order valence-electron chi connectivity index (χ0n) is 13.7. The van der Waals surface area contributed by atoms with Crippen LogP contribution >= 0.6 is 0 Å². The lowest BCUT2D eigenvalue weighted by Gasteiger charge is -2.35. The maximum Gasteiger partial charge on any atom is 0.420 e. The van der Waals surface area contributed by atoms with Gasteiger partial charge in [-0.05, 0) is 55.7 Å². The van der Waals surface area contributed by atoms with E-state index in [2.05, 4.69) is 0 Å². The molecule has 0 saturated heterocycles. The Labute approximate surface area is 143 Å². The van der Waals surface area contributed by atoms with E-state index in [9.17, 15) is 14.0 Å². The summed E-state index contributed by atoms with van der Waals surface area (Å²) in [5.41, 5.74) is 2.57. The van der Waals surface area contributed by atoms with Gasteiger partial charge in [0.25, 0.3) is 0 Å². The van der Waals surface area contributed by atoms with E-state index in [-0.39, 0.29) is 24.3 Å². The first-order chi connectivity index (χ1) is 12.0. The van der Waals surface area contributed by atoms with Crippen LogP contribution in [0.25, 0.3) is 11.1 Å². The topological polar surface area (TPSA) is 55.5 Å². The van der Waals surface area contributed by atoms with Crippen LogP contribution in [0, 0.1) is 5.82 Å². The zero-order valence-corrected chi connectivity index (χ0v) is 13.7. The van der Waals surface area contributed by atoms with E-state index < -0.39 is 5.76 Å². The molecule has 4 rings (SSSR count). The minimum absolute atomic E-state index is 0.0145. The SMILES string of the molecule is CC1CCc2cc(F)ccc2N1C(=O)Cn1c(=O)oc2ccccc21. The standard InChI is InChI=1S/C19H17FN2O3/c1-12-6-7-13-10-14(20)8-9-15(13)22(12)18(23)11-21-16-4-2-3-5-17(16)25-19(21)24/h2-5,8-10,12H,6-7,11H2,1H3. The molecule has 0 radical (unpaired) electrons. The molecule has 1 unspecified atom stereocenters. The fourth-order valence-corrected chi connectivity index (χ4v) is 3.48. The highest BCUT2D eigenvalue weighted by atomic mass is 19.1. The second-order valence-electron chi connectivity index (χ2n) is 6.35. The van der Waals surface area contributed by atoms with Crippen LogP contribution in [0.4, 0.5) is 10.1 Å². The second-order valence-corrected chi connectivity index (χ2v) is 6.35. The van der Waals surface area contributed by atoms with E-state index in [1.165, 1.54) is 16.7 Å². The highest BCUT2D eigenvalue weighted by Gasteiger charge is 2.29. The number of nitrogens with zero attached hydrogens (tertiary/aromatic N) is 2. The van der Waals surface area contributed by atoms with Gasteiger partial charge in [-0.2, -0.15) is 0 Å². The molecule has 0 aliphatic carbocycles. The van der Waals surface area contributed by atoms with Crippen molar-refractivity contribution >= 4 is 22.7 Å². The number of carbonyl (C=O) groups excluding carboxylic acids is 1. The summed E-state index contributed by atoms with van der Waals surface area (Å²) < 4.78 is 20.0. The Morgan fingerprint density at radius 3 is 2.92 bits per heavy atom. The Kier molecular flexibility index (Phi) is 3.67. The minimum Gasteiger partial charge on any atom is -0.408 e. The molecule has 0 N–H and O–H groups in total. The molecule has 1 atom stereocenters. The Hall–Kier alpha value is -2.89. The molecule has 0 spiro atoms. The Balaban J connectivity index is 1.71. The molecule has 2 heterocycles. The molecule has 0 bridgehead atoms. The van der Waals surface area contributed by atoms with E-state index in [1.54, 1.807) is 35.2 Å². The highest BCUT2D eigenvalue weighted by molar-refractivity contribution is 5.95. The fourth-order valence-electron chi connectivity index (χ4n) is 3.48. The smallest absolute Gasteiger partial charge is 0.408 e. The molecule has 0 fully saturated rings. The average molecular weight is 340 g/mol. The molecule has 1 aliphatic heterocycles.